The summed E-state index contributed by atoms with van der Waals surface area (Å²) in [4.78, 5) is 13.4. The van der Waals surface area contributed by atoms with Gasteiger partial charge < -0.3 is 4.90 Å². The summed E-state index contributed by atoms with van der Waals surface area (Å²) in [6, 6.07) is 0. The molecular formula is C11H20ClNO. The SMILES string of the molecule is CCCCC(=O)N(C)CC1CC(Cl)C1. The highest BCUT2D eigenvalue weighted by Crippen LogP contribution is 2.32. The van der Waals surface area contributed by atoms with Gasteiger partial charge in [-0.1, -0.05) is 13.3 Å². The molecule has 1 saturated carbocycles. The molecule has 0 spiro atoms. The van der Waals surface area contributed by atoms with Gasteiger partial charge in [0.15, 0.2) is 0 Å². The van der Waals surface area contributed by atoms with Gasteiger partial charge >= 0.3 is 0 Å². The van der Waals surface area contributed by atoms with Crippen LogP contribution in [0.4, 0.5) is 0 Å². The van der Waals surface area contributed by atoms with Crippen molar-refractivity contribution in [1.29, 1.82) is 0 Å². The van der Waals surface area contributed by atoms with E-state index in [0.29, 0.717) is 17.7 Å². The van der Waals surface area contributed by atoms with Crippen LogP contribution >= 0.6 is 11.6 Å². The lowest BCUT2D eigenvalue weighted by Crippen LogP contribution is -2.37. The van der Waals surface area contributed by atoms with Crippen LogP contribution in [0, 0.1) is 5.92 Å². The van der Waals surface area contributed by atoms with Crippen LogP contribution in [0.2, 0.25) is 0 Å². The predicted molar refractivity (Wildman–Crippen MR) is 59.5 cm³/mol. The normalized spacial score (nSPS) is 25.6. The Balaban J connectivity index is 2.14. The molecule has 0 radical (unpaired) electrons. The molecule has 0 aromatic rings. The molecule has 0 atom stereocenters. The molecule has 0 aromatic heterocycles. The lowest BCUT2D eigenvalue weighted by molar-refractivity contribution is -0.130. The summed E-state index contributed by atoms with van der Waals surface area (Å²) in [5, 5.41) is 0.360. The van der Waals surface area contributed by atoms with E-state index >= 15 is 0 Å². The van der Waals surface area contributed by atoms with Gasteiger partial charge in [0.1, 0.15) is 0 Å². The van der Waals surface area contributed by atoms with E-state index < -0.39 is 0 Å². The summed E-state index contributed by atoms with van der Waals surface area (Å²) in [5.74, 6) is 0.929. The molecular weight excluding hydrogens is 198 g/mol. The molecule has 1 rings (SSSR count). The van der Waals surface area contributed by atoms with Crippen LogP contribution in [0.3, 0.4) is 0 Å². The monoisotopic (exact) mass is 217 g/mol. The molecule has 0 aliphatic heterocycles. The Hall–Kier alpha value is -0.240. The Bertz CT molecular complexity index is 190. The second kappa shape index (κ2) is 5.59. The highest BCUT2D eigenvalue weighted by molar-refractivity contribution is 6.21. The molecule has 3 heteroatoms. The molecule has 0 unspecified atom stereocenters. The van der Waals surface area contributed by atoms with Gasteiger partial charge in [-0.05, 0) is 25.2 Å². The zero-order chi connectivity index (χ0) is 10.6. The largest absolute Gasteiger partial charge is 0.345 e. The van der Waals surface area contributed by atoms with Gasteiger partial charge in [0.2, 0.25) is 5.91 Å². The van der Waals surface area contributed by atoms with E-state index in [-0.39, 0.29) is 5.91 Å². The van der Waals surface area contributed by atoms with Crippen molar-refractivity contribution in [2.75, 3.05) is 13.6 Å². The van der Waals surface area contributed by atoms with Crippen molar-refractivity contribution in [1.82, 2.24) is 4.90 Å². The van der Waals surface area contributed by atoms with E-state index in [9.17, 15) is 4.79 Å². The Morgan fingerprint density at radius 1 is 1.50 bits per heavy atom. The minimum Gasteiger partial charge on any atom is -0.345 e. The average Bonchev–Trinajstić information content (AvgIpc) is 2.11. The van der Waals surface area contributed by atoms with E-state index in [4.69, 9.17) is 11.6 Å². The summed E-state index contributed by atoms with van der Waals surface area (Å²) >= 11 is 5.89. The summed E-state index contributed by atoms with van der Waals surface area (Å²) in [7, 11) is 1.90. The number of nitrogens with zero attached hydrogens (tertiary/aromatic N) is 1. The highest BCUT2D eigenvalue weighted by Gasteiger charge is 2.28. The Kier molecular flexibility index (Phi) is 4.73. The molecule has 14 heavy (non-hydrogen) atoms. The highest BCUT2D eigenvalue weighted by atomic mass is 35.5. The molecule has 1 aliphatic rings. The summed E-state index contributed by atoms with van der Waals surface area (Å²) in [6.07, 6.45) is 4.95. The number of rotatable bonds is 5. The number of amides is 1. The maximum absolute atomic E-state index is 11.6. The molecule has 82 valence electrons. The van der Waals surface area contributed by atoms with Gasteiger partial charge in [0.25, 0.3) is 0 Å². The predicted octanol–water partition coefficient (Wildman–Crippen LogP) is 2.65. The Labute approximate surface area is 91.6 Å². The first-order valence-electron chi connectivity index (χ1n) is 5.51. The third-order valence-electron chi connectivity index (χ3n) is 2.88. The van der Waals surface area contributed by atoms with E-state index in [1.165, 1.54) is 0 Å². The fourth-order valence-corrected chi connectivity index (χ4v) is 2.32. The van der Waals surface area contributed by atoms with E-state index in [1.807, 2.05) is 11.9 Å². The van der Waals surface area contributed by atoms with Gasteiger partial charge in [0.05, 0.1) is 0 Å². The fourth-order valence-electron chi connectivity index (χ4n) is 1.81. The Morgan fingerprint density at radius 2 is 2.14 bits per heavy atom. The minimum absolute atomic E-state index is 0.282. The van der Waals surface area contributed by atoms with Crippen LogP contribution < -0.4 is 0 Å². The van der Waals surface area contributed by atoms with Gasteiger partial charge in [-0.2, -0.15) is 0 Å². The zero-order valence-electron chi connectivity index (χ0n) is 9.13. The van der Waals surface area contributed by atoms with Crippen LogP contribution in [0.5, 0.6) is 0 Å². The summed E-state index contributed by atoms with van der Waals surface area (Å²) in [6.45, 7) is 3.00. The third-order valence-corrected chi connectivity index (χ3v) is 3.24. The van der Waals surface area contributed by atoms with Gasteiger partial charge in [-0.3, -0.25) is 4.79 Å². The second-order valence-electron chi connectivity index (χ2n) is 4.31. The van der Waals surface area contributed by atoms with Crippen LogP contribution in [-0.4, -0.2) is 29.8 Å². The molecule has 1 fully saturated rings. The first-order chi connectivity index (χ1) is 6.63. The molecule has 1 amide bonds. The number of hydrogen-bond donors (Lipinski definition) is 0. The maximum atomic E-state index is 11.6. The van der Waals surface area contributed by atoms with Crippen molar-refractivity contribution in [3.05, 3.63) is 0 Å². The fraction of sp³-hybridized carbons (Fsp3) is 0.909. The topological polar surface area (TPSA) is 20.3 Å². The van der Waals surface area contributed by atoms with E-state index in [0.717, 1.165) is 32.2 Å². The quantitative estimate of drug-likeness (QED) is 0.649. The molecule has 0 N–H and O–H groups in total. The van der Waals surface area contributed by atoms with Crippen LogP contribution in [0.15, 0.2) is 0 Å². The zero-order valence-corrected chi connectivity index (χ0v) is 9.89. The number of carbonyl (C=O) groups is 1. The minimum atomic E-state index is 0.282. The number of carbonyl (C=O) groups excluding carboxylic acids is 1. The number of alkyl halides is 1. The molecule has 1 aliphatic carbocycles. The van der Waals surface area contributed by atoms with Gasteiger partial charge in [0, 0.05) is 25.4 Å². The lowest BCUT2D eigenvalue weighted by atomic mass is 9.84. The van der Waals surface area contributed by atoms with Crippen LogP contribution in [0.25, 0.3) is 0 Å². The van der Waals surface area contributed by atoms with Crippen molar-refractivity contribution in [2.45, 2.75) is 44.4 Å². The number of unbranched alkanes of at least 4 members (excludes halogenated alkanes) is 1. The lowest BCUT2D eigenvalue weighted by Gasteiger charge is -2.34. The first-order valence-corrected chi connectivity index (χ1v) is 5.95. The van der Waals surface area contributed by atoms with Crippen molar-refractivity contribution < 1.29 is 4.79 Å². The van der Waals surface area contributed by atoms with Crippen molar-refractivity contribution in [2.24, 2.45) is 5.92 Å². The van der Waals surface area contributed by atoms with Crippen molar-refractivity contribution >= 4 is 17.5 Å². The second-order valence-corrected chi connectivity index (χ2v) is 4.93. The van der Waals surface area contributed by atoms with Gasteiger partial charge in [-0.25, -0.2) is 0 Å². The summed E-state index contributed by atoms with van der Waals surface area (Å²) < 4.78 is 0. The van der Waals surface area contributed by atoms with E-state index in [1.54, 1.807) is 0 Å². The Morgan fingerprint density at radius 3 is 2.64 bits per heavy atom. The first kappa shape index (κ1) is 11.8. The average molecular weight is 218 g/mol. The molecule has 0 bridgehead atoms. The van der Waals surface area contributed by atoms with Crippen LogP contribution in [-0.2, 0) is 4.79 Å². The molecule has 0 aromatic carbocycles. The maximum Gasteiger partial charge on any atom is 0.222 e. The standard InChI is InChI=1S/C11H20ClNO/c1-3-4-5-11(14)13(2)8-9-6-10(12)7-9/h9-10H,3-8H2,1-2H3. The smallest absolute Gasteiger partial charge is 0.222 e. The summed E-state index contributed by atoms with van der Waals surface area (Å²) in [5.41, 5.74) is 0. The molecule has 0 heterocycles. The molecule has 0 saturated heterocycles. The molecule has 2 nitrogen and oxygen atoms in total. The number of hydrogen-bond acceptors (Lipinski definition) is 1. The third kappa shape index (κ3) is 3.49. The van der Waals surface area contributed by atoms with E-state index in [2.05, 4.69) is 6.92 Å². The van der Waals surface area contributed by atoms with Crippen molar-refractivity contribution in [3.63, 3.8) is 0 Å². The van der Waals surface area contributed by atoms with Gasteiger partial charge in [-0.15, -0.1) is 11.6 Å². The number of halogens is 1. The van der Waals surface area contributed by atoms with Crippen LogP contribution in [0.1, 0.15) is 39.0 Å². The van der Waals surface area contributed by atoms with Crippen molar-refractivity contribution in [3.8, 4) is 0 Å².